The zero-order valence-electron chi connectivity index (χ0n) is 12.5. The molecule has 1 saturated carbocycles. The number of hydrogen-bond donors (Lipinski definition) is 0. The van der Waals surface area contributed by atoms with Crippen LogP contribution in [0.4, 0.5) is 0 Å². The Kier molecular flexibility index (Phi) is 3.63. The maximum Gasteiger partial charge on any atom is 0.113 e. The van der Waals surface area contributed by atoms with Crippen LogP contribution in [-0.4, -0.2) is 9.55 Å². The molecule has 0 bridgehead atoms. The molecule has 2 aromatic carbocycles. The van der Waals surface area contributed by atoms with Crippen LogP contribution in [0.1, 0.15) is 43.0 Å². The predicted octanol–water partition coefficient (Wildman–Crippen LogP) is 5.40. The van der Waals surface area contributed by atoms with Gasteiger partial charge in [-0.05, 0) is 42.7 Å². The molecule has 0 saturated heterocycles. The minimum absolute atomic E-state index is 0.603. The third-order valence-corrected chi connectivity index (χ3v) is 4.87. The largest absolute Gasteiger partial charge is 0.323 e. The maximum atomic E-state index is 6.15. The van der Waals surface area contributed by atoms with Crippen molar-refractivity contribution < 1.29 is 0 Å². The van der Waals surface area contributed by atoms with Crippen molar-refractivity contribution in [1.82, 2.24) is 9.55 Å². The number of fused-ring (bicyclic) bond motifs is 1. The molecule has 4 rings (SSSR count). The summed E-state index contributed by atoms with van der Waals surface area (Å²) in [5, 5.41) is 0.796. The molecule has 1 aliphatic carbocycles. The fraction of sp³-hybridized carbons (Fsp3) is 0.316. The van der Waals surface area contributed by atoms with Crippen molar-refractivity contribution in [2.75, 3.05) is 0 Å². The summed E-state index contributed by atoms with van der Waals surface area (Å²) in [6.07, 6.45) is 5.17. The minimum Gasteiger partial charge on any atom is -0.323 e. The molecule has 0 radical (unpaired) electrons. The first-order chi connectivity index (χ1) is 10.8. The molecule has 0 aliphatic heterocycles. The maximum absolute atomic E-state index is 6.15. The Labute approximate surface area is 135 Å². The van der Waals surface area contributed by atoms with Gasteiger partial charge in [-0.2, -0.15) is 0 Å². The number of hydrogen-bond acceptors (Lipinski definition) is 1. The van der Waals surface area contributed by atoms with E-state index in [9.17, 15) is 0 Å². The zero-order chi connectivity index (χ0) is 14.9. The van der Waals surface area contributed by atoms with E-state index in [1.165, 1.54) is 42.6 Å². The van der Waals surface area contributed by atoms with Crippen molar-refractivity contribution in [3.05, 3.63) is 64.9 Å². The minimum atomic E-state index is 0.603. The fourth-order valence-corrected chi connectivity index (χ4v) is 3.79. The SMILES string of the molecule is Clc1cccc(Cn2c(C3CCCC3)nc3ccccc32)c1. The molecule has 1 fully saturated rings. The van der Waals surface area contributed by atoms with Crippen molar-refractivity contribution in [2.45, 2.75) is 38.1 Å². The average Bonchev–Trinajstić information content (AvgIpc) is 3.15. The van der Waals surface area contributed by atoms with E-state index in [2.05, 4.69) is 41.0 Å². The highest BCUT2D eigenvalue weighted by atomic mass is 35.5. The molecule has 3 heteroatoms. The van der Waals surface area contributed by atoms with Gasteiger partial charge in [-0.1, -0.05) is 48.7 Å². The average molecular weight is 311 g/mol. The van der Waals surface area contributed by atoms with Crippen LogP contribution >= 0.6 is 11.6 Å². The van der Waals surface area contributed by atoms with Crippen LogP contribution in [0.5, 0.6) is 0 Å². The van der Waals surface area contributed by atoms with Gasteiger partial charge in [0.2, 0.25) is 0 Å². The molecule has 3 aromatic rings. The lowest BCUT2D eigenvalue weighted by molar-refractivity contribution is 0.619. The lowest BCUT2D eigenvalue weighted by Gasteiger charge is -2.14. The van der Waals surface area contributed by atoms with Gasteiger partial charge in [0.15, 0.2) is 0 Å². The summed E-state index contributed by atoms with van der Waals surface area (Å²) in [5.41, 5.74) is 3.56. The van der Waals surface area contributed by atoms with E-state index in [1.54, 1.807) is 0 Å². The summed E-state index contributed by atoms with van der Waals surface area (Å²) >= 11 is 6.15. The third kappa shape index (κ3) is 2.52. The number of imidazole rings is 1. The number of halogens is 1. The lowest BCUT2D eigenvalue weighted by atomic mass is 10.1. The summed E-state index contributed by atoms with van der Waals surface area (Å²) in [5.74, 6) is 1.85. The van der Waals surface area contributed by atoms with Crippen LogP contribution < -0.4 is 0 Å². The molecule has 0 unspecified atom stereocenters. The monoisotopic (exact) mass is 310 g/mol. The molecule has 0 amide bonds. The van der Waals surface area contributed by atoms with Gasteiger partial charge < -0.3 is 4.57 Å². The molecule has 0 N–H and O–H groups in total. The molecule has 1 aromatic heterocycles. The van der Waals surface area contributed by atoms with E-state index >= 15 is 0 Å². The highest BCUT2D eigenvalue weighted by molar-refractivity contribution is 6.30. The van der Waals surface area contributed by atoms with Gasteiger partial charge in [0.1, 0.15) is 5.82 Å². The van der Waals surface area contributed by atoms with E-state index in [1.807, 2.05) is 12.1 Å². The van der Waals surface area contributed by atoms with Crippen molar-refractivity contribution in [3.8, 4) is 0 Å². The number of nitrogens with zero attached hydrogens (tertiary/aromatic N) is 2. The Bertz CT molecular complexity index is 800. The molecule has 0 atom stereocenters. The lowest BCUT2D eigenvalue weighted by Crippen LogP contribution is -2.08. The van der Waals surface area contributed by atoms with E-state index in [-0.39, 0.29) is 0 Å². The van der Waals surface area contributed by atoms with E-state index in [0.29, 0.717) is 5.92 Å². The molecule has 1 heterocycles. The summed E-state index contributed by atoms with van der Waals surface area (Å²) in [4.78, 5) is 4.94. The van der Waals surface area contributed by atoms with Gasteiger partial charge in [-0.25, -0.2) is 4.98 Å². The van der Waals surface area contributed by atoms with Crippen LogP contribution in [-0.2, 0) is 6.54 Å². The second-order valence-electron chi connectivity index (χ2n) is 6.16. The van der Waals surface area contributed by atoms with Gasteiger partial charge in [0.25, 0.3) is 0 Å². The molecule has 2 nitrogen and oxygen atoms in total. The van der Waals surface area contributed by atoms with Gasteiger partial charge in [0.05, 0.1) is 11.0 Å². The second-order valence-corrected chi connectivity index (χ2v) is 6.59. The first-order valence-corrected chi connectivity index (χ1v) is 8.39. The van der Waals surface area contributed by atoms with Crippen molar-refractivity contribution in [2.24, 2.45) is 0 Å². The molecule has 22 heavy (non-hydrogen) atoms. The molecule has 1 aliphatic rings. The summed E-state index contributed by atoms with van der Waals surface area (Å²) < 4.78 is 2.39. The summed E-state index contributed by atoms with van der Waals surface area (Å²) in [6.45, 7) is 0.840. The molecular formula is C19H19ClN2. The van der Waals surface area contributed by atoms with Crippen LogP contribution in [0.3, 0.4) is 0 Å². The number of aromatic nitrogens is 2. The Balaban J connectivity index is 1.81. The Hall–Kier alpha value is -1.80. The van der Waals surface area contributed by atoms with Crippen LogP contribution in [0.25, 0.3) is 11.0 Å². The van der Waals surface area contributed by atoms with Crippen LogP contribution in [0.15, 0.2) is 48.5 Å². The zero-order valence-corrected chi connectivity index (χ0v) is 13.3. The van der Waals surface area contributed by atoms with Gasteiger partial charge in [-0.3, -0.25) is 0 Å². The fourth-order valence-electron chi connectivity index (χ4n) is 3.57. The number of rotatable bonds is 3. The Morgan fingerprint density at radius 3 is 2.68 bits per heavy atom. The topological polar surface area (TPSA) is 17.8 Å². The van der Waals surface area contributed by atoms with Gasteiger partial charge >= 0.3 is 0 Å². The van der Waals surface area contributed by atoms with Crippen LogP contribution in [0.2, 0.25) is 5.02 Å². The smallest absolute Gasteiger partial charge is 0.113 e. The standard InChI is InChI=1S/C19H19ClN2/c20-16-9-5-6-14(12-16)13-22-18-11-4-3-10-17(18)21-19(22)15-7-1-2-8-15/h3-6,9-12,15H,1-2,7-8,13H2. The first kappa shape index (κ1) is 13.8. The Morgan fingerprint density at radius 1 is 1.05 bits per heavy atom. The number of para-hydroxylation sites is 2. The highest BCUT2D eigenvalue weighted by Gasteiger charge is 2.23. The third-order valence-electron chi connectivity index (χ3n) is 4.63. The van der Waals surface area contributed by atoms with Gasteiger partial charge in [-0.15, -0.1) is 0 Å². The van der Waals surface area contributed by atoms with Crippen molar-refractivity contribution in [1.29, 1.82) is 0 Å². The normalized spacial score (nSPS) is 15.7. The summed E-state index contributed by atoms with van der Waals surface area (Å²) in [6, 6.07) is 16.6. The highest BCUT2D eigenvalue weighted by Crippen LogP contribution is 2.35. The van der Waals surface area contributed by atoms with E-state index in [0.717, 1.165) is 17.1 Å². The second kappa shape index (κ2) is 5.77. The van der Waals surface area contributed by atoms with Crippen LogP contribution in [0, 0.1) is 0 Å². The Morgan fingerprint density at radius 2 is 1.86 bits per heavy atom. The first-order valence-electron chi connectivity index (χ1n) is 8.01. The van der Waals surface area contributed by atoms with E-state index < -0.39 is 0 Å². The molecule has 0 spiro atoms. The molecule has 112 valence electrons. The van der Waals surface area contributed by atoms with Crippen molar-refractivity contribution in [3.63, 3.8) is 0 Å². The van der Waals surface area contributed by atoms with Crippen molar-refractivity contribution >= 4 is 22.6 Å². The summed E-state index contributed by atoms with van der Waals surface area (Å²) in [7, 11) is 0. The predicted molar refractivity (Wildman–Crippen MR) is 91.5 cm³/mol. The number of benzene rings is 2. The van der Waals surface area contributed by atoms with E-state index in [4.69, 9.17) is 16.6 Å². The quantitative estimate of drug-likeness (QED) is 0.633. The molecular weight excluding hydrogens is 292 g/mol. The van der Waals surface area contributed by atoms with Gasteiger partial charge in [0, 0.05) is 17.5 Å².